The maximum absolute atomic E-state index is 10.9. The molecule has 0 fully saturated rings. The molecule has 3 rings (SSSR count). The molecule has 7 heteroatoms. The molecule has 1 aromatic carbocycles. The minimum absolute atomic E-state index is 0.184. The Bertz CT molecular complexity index is 774. The average Bonchev–Trinajstić information content (AvgIpc) is 2.92. The molecule has 4 nitrogen and oxygen atoms in total. The number of fused-ring (bicyclic) bond motifs is 1. The van der Waals surface area contributed by atoms with Crippen molar-refractivity contribution < 1.29 is 14.3 Å². The third-order valence-electron chi connectivity index (χ3n) is 2.49. The molecule has 19 heavy (non-hydrogen) atoms. The number of halogens is 2. The third-order valence-corrected chi connectivity index (χ3v) is 5.74. The Morgan fingerprint density at radius 2 is 2.11 bits per heavy atom. The molecule has 0 unspecified atom stereocenters. The number of benzene rings is 1. The van der Waals surface area contributed by atoms with E-state index in [4.69, 9.17) is 9.52 Å². The summed E-state index contributed by atoms with van der Waals surface area (Å²) < 4.78 is 7.49. The number of rotatable bonds is 2. The van der Waals surface area contributed by atoms with Crippen molar-refractivity contribution in [3.63, 3.8) is 0 Å². The van der Waals surface area contributed by atoms with Gasteiger partial charge in [0, 0.05) is 4.47 Å². The maximum Gasteiger partial charge on any atom is 0.335 e. The number of aromatic carboxylic acids is 1. The molecule has 96 valence electrons. The van der Waals surface area contributed by atoms with Crippen LogP contribution in [0.1, 0.15) is 10.4 Å². The Morgan fingerprint density at radius 3 is 2.74 bits per heavy atom. The zero-order chi connectivity index (χ0) is 13.6. The Labute approximate surface area is 128 Å². The maximum atomic E-state index is 10.9. The molecule has 0 amide bonds. The Balaban J connectivity index is 2.13. The van der Waals surface area contributed by atoms with Crippen molar-refractivity contribution in [1.29, 1.82) is 0 Å². The van der Waals surface area contributed by atoms with Gasteiger partial charge >= 0.3 is 5.97 Å². The van der Waals surface area contributed by atoms with Gasteiger partial charge in [-0.25, -0.2) is 9.78 Å². The standard InChI is InChI=1S/C12H5Br2NO3S/c13-6-4-9(19-10(6)14)11-15-7-2-1-5(12(16)17)3-8(7)18-11/h1-4H,(H,16,17). The van der Waals surface area contributed by atoms with Gasteiger partial charge in [-0.3, -0.25) is 0 Å². The molecular formula is C12H5Br2NO3S. The lowest BCUT2D eigenvalue weighted by Gasteiger charge is -1.91. The van der Waals surface area contributed by atoms with Crippen molar-refractivity contribution in [3.8, 4) is 10.8 Å². The molecule has 2 heterocycles. The normalized spacial score (nSPS) is 11.1. The Morgan fingerprint density at radius 1 is 1.32 bits per heavy atom. The number of nitrogens with zero attached hydrogens (tertiary/aromatic N) is 1. The zero-order valence-corrected chi connectivity index (χ0v) is 13.2. The first-order valence-electron chi connectivity index (χ1n) is 5.13. The number of carboxylic acids is 1. The summed E-state index contributed by atoms with van der Waals surface area (Å²) in [6, 6.07) is 6.53. The van der Waals surface area contributed by atoms with Gasteiger partial charge in [0.15, 0.2) is 5.58 Å². The second-order valence-corrected chi connectivity index (χ2v) is 6.96. The quantitative estimate of drug-likeness (QED) is 0.669. The number of hydrogen-bond donors (Lipinski definition) is 1. The van der Waals surface area contributed by atoms with Crippen molar-refractivity contribution in [2.24, 2.45) is 0 Å². The van der Waals surface area contributed by atoms with Gasteiger partial charge in [-0.15, -0.1) is 11.3 Å². The van der Waals surface area contributed by atoms with Crippen molar-refractivity contribution in [3.05, 3.63) is 38.1 Å². The molecular weight excluding hydrogens is 398 g/mol. The summed E-state index contributed by atoms with van der Waals surface area (Å²) in [4.78, 5) is 16.1. The van der Waals surface area contributed by atoms with E-state index in [1.54, 1.807) is 6.07 Å². The lowest BCUT2D eigenvalue weighted by molar-refractivity contribution is 0.0697. The van der Waals surface area contributed by atoms with Crippen LogP contribution in [0.15, 0.2) is 36.9 Å². The smallest absolute Gasteiger partial charge is 0.335 e. The minimum atomic E-state index is -0.985. The van der Waals surface area contributed by atoms with Crippen molar-refractivity contribution in [2.75, 3.05) is 0 Å². The lowest BCUT2D eigenvalue weighted by Crippen LogP contribution is -1.94. The topological polar surface area (TPSA) is 63.3 Å². The van der Waals surface area contributed by atoms with Crippen LogP contribution in [0.2, 0.25) is 0 Å². The minimum Gasteiger partial charge on any atom is -0.478 e. The molecule has 0 aliphatic heterocycles. The van der Waals surface area contributed by atoms with Crippen LogP contribution in [-0.2, 0) is 0 Å². The predicted molar refractivity (Wildman–Crippen MR) is 79.7 cm³/mol. The van der Waals surface area contributed by atoms with E-state index in [1.165, 1.54) is 23.5 Å². The van der Waals surface area contributed by atoms with Crippen molar-refractivity contribution >= 4 is 60.3 Å². The first-order chi connectivity index (χ1) is 9.04. The number of carbonyl (C=O) groups is 1. The van der Waals surface area contributed by atoms with E-state index >= 15 is 0 Å². The number of oxazole rings is 1. The molecule has 0 bridgehead atoms. The molecule has 0 saturated heterocycles. The highest BCUT2D eigenvalue weighted by atomic mass is 79.9. The van der Waals surface area contributed by atoms with Gasteiger partial charge in [0.05, 0.1) is 14.2 Å². The summed E-state index contributed by atoms with van der Waals surface area (Å²) in [5.41, 5.74) is 1.29. The van der Waals surface area contributed by atoms with Gasteiger partial charge in [0.25, 0.3) is 0 Å². The van der Waals surface area contributed by atoms with E-state index in [0.717, 1.165) is 13.1 Å². The number of aromatic nitrogens is 1. The molecule has 2 aromatic heterocycles. The monoisotopic (exact) mass is 401 g/mol. The molecule has 0 radical (unpaired) electrons. The second kappa shape index (κ2) is 4.73. The summed E-state index contributed by atoms with van der Waals surface area (Å²) in [6.45, 7) is 0. The highest BCUT2D eigenvalue weighted by Crippen LogP contribution is 2.38. The second-order valence-electron chi connectivity index (χ2n) is 3.74. The largest absolute Gasteiger partial charge is 0.478 e. The van der Waals surface area contributed by atoms with Crippen molar-refractivity contribution in [1.82, 2.24) is 4.98 Å². The molecule has 0 atom stereocenters. The van der Waals surface area contributed by atoms with Crippen LogP contribution in [0.3, 0.4) is 0 Å². The molecule has 3 aromatic rings. The predicted octanol–water partition coefficient (Wildman–Crippen LogP) is 4.78. The highest BCUT2D eigenvalue weighted by Gasteiger charge is 2.14. The lowest BCUT2D eigenvalue weighted by atomic mass is 10.2. The van der Waals surface area contributed by atoms with Crippen molar-refractivity contribution in [2.45, 2.75) is 0 Å². The molecule has 0 spiro atoms. The Kier molecular flexibility index (Phi) is 3.20. The van der Waals surface area contributed by atoms with E-state index in [1.807, 2.05) is 6.07 Å². The van der Waals surface area contributed by atoms with Gasteiger partial charge < -0.3 is 9.52 Å². The average molecular weight is 403 g/mol. The first kappa shape index (κ1) is 12.8. The molecule has 0 aliphatic rings. The molecule has 0 aliphatic carbocycles. The fourth-order valence-corrected chi connectivity index (χ4v) is 3.58. The van der Waals surface area contributed by atoms with Gasteiger partial charge in [0.1, 0.15) is 5.52 Å². The summed E-state index contributed by atoms with van der Waals surface area (Å²) in [5, 5.41) is 8.94. The summed E-state index contributed by atoms with van der Waals surface area (Å²) in [6.07, 6.45) is 0. The van der Waals surface area contributed by atoms with E-state index in [2.05, 4.69) is 36.8 Å². The SMILES string of the molecule is O=C(O)c1ccc2nc(-c3cc(Br)c(Br)s3)oc2c1. The van der Waals surface area contributed by atoms with Crippen LogP contribution >= 0.6 is 43.2 Å². The number of carboxylic acid groups (broad SMARTS) is 1. The van der Waals surface area contributed by atoms with Crippen LogP contribution in [-0.4, -0.2) is 16.1 Å². The van der Waals surface area contributed by atoms with E-state index in [9.17, 15) is 4.79 Å². The zero-order valence-electron chi connectivity index (χ0n) is 9.18. The van der Waals surface area contributed by atoms with Gasteiger partial charge in [0.2, 0.25) is 5.89 Å². The third kappa shape index (κ3) is 2.33. The van der Waals surface area contributed by atoms with Crippen LogP contribution in [0.5, 0.6) is 0 Å². The first-order valence-corrected chi connectivity index (χ1v) is 7.54. The molecule has 1 N–H and O–H groups in total. The van der Waals surface area contributed by atoms with Crippen LogP contribution in [0, 0.1) is 0 Å². The van der Waals surface area contributed by atoms with Crippen LogP contribution < -0.4 is 0 Å². The molecule has 0 saturated carbocycles. The van der Waals surface area contributed by atoms with E-state index in [-0.39, 0.29) is 5.56 Å². The van der Waals surface area contributed by atoms with Gasteiger partial charge in [-0.05, 0) is 56.1 Å². The summed E-state index contributed by atoms with van der Waals surface area (Å²) in [7, 11) is 0. The fraction of sp³-hybridized carbons (Fsp3) is 0. The van der Waals surface area contributed by atoms with Gasteiger partial charge in [-0.1, -0.05) is 0 Å². The van der Waals surface area contributed by atoms with Crippen LogP contribution in [0.4, 0.5) is 0 Å². The summed E-state index contributed by atoms with van der Waals surface area (Å²) >= 11 is 8.31. The number of hydrogen-bond acceptors (Lipinski definition) is 4. The summed E-state index contributed by atoms with van der Waals surface area (Å²) in [5.74, 6) is -0.504. The van der Waals surface area contributed by atoms with E-state index in [0.29, 0.717) is 17.0 Å². The highest BCUT2D eigenvalue weighted by molar-refractivity contribution is 9.13. The van der Waals surface area contributed by atoms with Crippen LogP contribution in [0.25, 0.3) is 21.9 Å². The fourth-order valence-electron chi connectivity index (χ4n) is 1.62. The number of thiophene rings is 1. The van der Waals surface area contributed by atoms with E-state index < -0.39 is 5.97 Å². The Hall–Kier alpha value is -1.18. The van der Waals surface area contributed by atoms with Gasteiger partial charge in [-0.2, -0.15) is 0 Å².